The molecule has 1 heterocycles. The van der Waals surface area contributed by atoms with Gasteiger partial charge in [0.25, 0.3) is 0 Å². The van der Waals surface area contributed by atoms with Crippen molar-refractivity contribution in [3.8, 4) is 11.5 Å². The minimum atomic E-state index is -4.24. The highest BCUT2D eigenvalue weighted by Crippen LogP contribution is 2.33. The molecule has 1 aromatic carbocycles. The van der Waals surface area contributed by atoms with Gasteiger partial charge in [0.1, 0.15) is 0 Å². The molecule has 9 heteroatoms. The smallest absolute Gasteiger partial charge is 0.441 e. The van der Waals surface area contributed by atoms with Crippen LogP contribution in [0, 0.1) is 4.77 Å². The van der Waals surface area contributed by atoms with Gasteiger partial charge in [-0.25, -0.2) is 0 Å². The van der Waals surface area contributed by atoms with Crippen LogP contribution in [0.15, 0.2) is 12.1 Å². The van der Waals surface area contributed by atoms with Crippen LogP contribution in [0.1, 0.15) is 0 Å². The molecule has 21 heavy (non-hydrogen) atoms. The molecule has 0 aliphatic carbocycles. The Balaban J connectivity index is 2.35. The lowest BCUT2D eigenvalue weighted by Crippen LogP contribution is -2.07. The second-order valence-corrected chi connectivity index (χ2v) is 5.65. The van der Waals surface area contributed by atoms with Crippen LogP contribution in [0.5, 0.6) is 11.5 Å². The number of fused-ring (bicyclic) bond motifs is 1. The zero-order valence-corrected chi connectivity index (χ0v) is 12.9. The highest BCUT2D eigenvalue weighted by Gasteiger charge is 2.27. The molecule has 0 aliphatic heterocycles. The van der Waals surface area contributed by atoms with E-state index in [0.29, 0.717) is 27.3 Å². The Morgan fingerprint density at radius 1 is 1.24 bits per heavy atom. The summed E-state index contributed by atoms with van der Waals surface area (Å²) < 4.78 is 49.0. The molecule has 0 bridgehead atoms. The Hall–Kier alpha value is -1.35. The fraction of sp³-hybridized carbons (Fsp3) is 0.417. The van der Waals surface area contributed by atoms with Crippen molar-refractivity contribution in [3.63, 3.8) is 0 Å². The first-order chi connectivity index (χ1) is 9.85. The van der Waals surface area contributed by atoms with Crippen LogP contribution in [-0.4, -0.2) is 35.0 Å². The van der Waals surface area contributed by atoms with Crippen LogP contribution < -0.4 is 9.47 Å². The monoisotopic (exact) mass is 338 g/mol. The lowest BCUT2D eigenvalue weighted by atomic mass is 10.2. The Morgan fingerprint density at radius 2 is 1.86 bits per heavy atom. The summed E-state index contributed by atoms with van der Waals surface area (Å²) in [5.74, 6) is 0.910. The molecule has 1 aromatic heterocycles. The molecule has 0 saturated carbocycles. The van der Waals surface area contributed by atoms with Crippen LogP contribution in [-0.2, 0) is 6.54 Å². The topological polar surface area (TPSA) is 39.2 Å². The van der Waals surface area contributed by atoms with Gasteiger partial charge in [-0.1, -0.05) is 0 Å². The predicted octanol–water partition coefficient (Wildman–Crippen LogP) is 3.97. The van der Waals surface area contributed by atoms with E-state index in [0.717, 1.165) is 0 Å². The first kappa shape index (κ1) is 16.0. The van der Waals surface area contributed by atoms with Crippen LogP contribution in [0.4, 0.5) is 13.2 Å². The van der Waals surface area contributed by atoms with E-state index in [9.17, 15) is 13.2 Å². The van der Waals surface area contributed by atoms with Gasteiger partial charge in [0.05, 0.1) is 25.3 Å². The van der Waals surface area contributed by atoms with Gasteiger partial charge < -0.3 is 19.0 Å². The van der Waals surface area contributed by atoms with Crippen LogP contribution in [0.25, 0.3) is 11.0 Å². The summed E-state index contributed by atoms with van der Waals surface area (Å²) in [6, 6.07) is 3.40. The molecule has 0 radical (unpaired) electrons. The molecule has 0 atom stereocenters. The van der Waals surface area contributed by atoms with Gasteiger partial charge >= 0.3 is 5.51 Å². The molecular formula is C12H13F3N2O2S2. The number of aryl methyl sites for hydroxylation is 1. The zero-order valence-electron chi connectivity index (χ0n) is 11.3. The van der Waals surface area contributed by atoms with E-state index in [1.807, 2.05) is 0 Å². The summed E-state index contributed by atoms with van der Waals surface area (Å²) in [7, 11) is 3.00. The number of nitrogens with one attached hydrogen (secondary N) is 1. The van der Waals surface area contributed by atoms with Crippen molar-refractivity contribution in [2.75, 3.05) is 20.0 Å². The number of imidazole rings is 1. The quantitative estimate of drug-likeness (QED) is 0.838. The molecule has 0 saturated heterocycles. The average Bonchev–Trinajstić information content (AvgIpc) is 2.71. The minimum Gasteiger partial charge on any atom is -0.493 e. The number of thioether (sulfide) groups is 1. The number of H-pyrrole nitrogens is 1. The Kier molecular flexibility index (Phi) is 4.72. The van der Waals surface area contributed by atoms with Crippen molar-refractivity contribution in [3.05, 3.63) is 16.9 Å². The molecule has 0 aliphatic rings. The zero-order chi connectivity index (χ0) is 15.6. The van der Waals surface area contributed by atoms with Gasteiger partial charge in [-0.15, -0.1) is 0 Å². The van der Waals surface area contributed by atoms with Gasteiger partial charge in [-0.3, -0.25) is 0 Å². The first-order valence-electron chi connectivity index (χ1n) is 5.91. The summed E-state index contributed by atoms with van der Waals surface area (Å²) in [4.78, 5) is 2.95. The summed E-state index contributed by atoms with van der Waals surface area (Å²) in [6.07, 6.45) is 0. The van der Waals surface area contributed by atoms with Crippen LogP contribution >= 0.6 is 24.0 Å². The number of ether oxygens (including phenoxy) is 2. The average molecular weight is 338 g/mol. The molecule has 0 fully saturated rings. The van der Waals surface area contributed by atoms with Crippen LogP contribution in [0.3, 0.4) is 0 Å². The van der Waals surface area contributed by atoms with E-state index < -0.39 is 5.51 Å². The molecule has 0 amide bonds. The Labute approximate surface area is 128 Å². The molecular weight excluding hydrogens is 325 g/mol. The predicted molar refractivity (Wildman–Crippen MR) is 78.7 cm³/mol. The van der Waals surface area contributed by atoms with E-state index >= 15 is 0 Å². The number of halogens is 3. The molecule has 2 rings (SSSR count). The Morgan fingerprint density at radius 3 is 2.43 bits per heavy atom. The standard InChI is InChI=1S/C12H13F3N2O2S2/c1-18-9-5-7-8(6-10(9)19-2)17(11(20)16-7)3-4-21-12(13,14)15/h5-6H,3-4H2,1-2H3,(H,16,20). The Bertz CT molecular complexity index is 694. The van der Waals surface area contributed by atoms with Crippen molar-refractivity contribution in [2.45, 2.75) is 12.1 Å². The summed E-state index contributed by atoms with van der Waals surface area (Å²) >= 11 is 5.08. The van der Waals surface area contributed by atoms with Crippen molar-refractivity contribution >= 4 is 35.0 Å². The van der Waals surface area contributed by atoms with Crippen molar-refractivity contribution < 1.29 is 22.6 Å². The fourth-order valence-corrected chi connectivity index (χ4v) is 2.76. The maximum atomic E-state index is 12.2. The summed E-state index contributed by atoms with van der Waals surface area (Å²) in [6.45, 7) is 0.151. The third kappa shape index (κ3) is 3.65. The number of aromatic amines is 1. The lowest BCUT2D eigenvalue weighted by molar-refractivity contribution is -0.0328. The third-order valence-corrected chi connectivity index (χ3v) is 3.90. The number of benzene rings is 1. The van der Waals surface area contributed by atoms with E-state index in [1.54, 1.807) is 16.7 Å². The molecule has 4 nitrogen and oxygen atoms in total. The van der Waals surface area contributed by atoms with E-state index in [-0.39, 0.29) is 24.1 Å². The molecule has 0 spiro atoms. The van der Waals surface area contributed by atoms with E-state index in [4.69, 9.17) is 21.7 Å². The van der Waals surface area contributed by atoms with Crippen LogP contribution in [0.2, 0.25) is 0 Å². The number of nitrogens with zero attached hydrogens (tertiary/aromatic N) is 1. The number of alkyl halides is 3. The number of hydrogen-bond donors (Lipinski definition) is 1. The van der Waals surface area contributed by atoms with Gasteiger partial charge in [0.2, 0.25) is 0 Å². The highest BCUT2D eigenvalue weighted by molar-refractivity contribution is 8.00. The number of aromatic nitrogens is 2. The van der Waals surface area contributed by atoms with Crippen molar-refractivity contribution in [1.82, 2.24) is 9.55 Å². The number of methoxy groups -OCH3 is 2. The number of hydrogen-bond acceptors (Lipinski definition) is 4. The van der Waals surface area contributed by atoms with Gasteiger partial charge in [-0.05, 0) is 24.0 Å². The SMILES string of the molecule is COc1cc2[nH]c(=S)n(CCSC(F)(F)F)c2cc1OC. The third-order valence-electron chi connectivity index (χ3n) is 2.86. The summed E-state index contributed by atoms with van der Waals surface area (Å²) in [5, 5.41) is 0. The molecule has 2 aromatic rings. The second-order valence-electron chi connectivity index (χ2n) is 4.10. The van der Waals surface area contributed by atoms with E-state index in [2.05, 4.69) is 4.98 Å². The molecule has 1 N–H and O–H groups in total. The van der Waals surface area contributed by atoms with Gasteiger partial charge in [0.15, 0.2) is 16.3 Å². The maximum Gasteiger partial charge on any atom is 0.441 e. The van der Waals surface area contributed by atoms with Gasteiger partial charge in [0, 0.05) is 24.4 Å². The summed E-state index contributed by atoms with van der Waals surface area (Å²) in [5.41, 5.74) is -2.87. The highest BCUT2D eigenvalue weighted by atomic mass is 32.2. The minimum absolute atomic E-state index is 0.0703. The second kappa shape index (κ2) is 6.18. The normalized spacial score (nSPS) is 11.9. The fourth-order valence-electron chi connectivity index (χ4n) is 1.96. The lowest BCUT2D eigenvalue weighted by Gasteiger charge is -2.09. The largest absolute Gasteiger partial charge is 0.493 e. The van der Waals surface area contributed by atoms with E-state index in [1.165, 1.54) is 14.2 Å². The molecule has 116 valence electrons. The molecule has 0 unspecified atom stereocenters. The van der Waals surface area contributed by atoms with Crippen molar-refractivity contribution in [1.29, 1.82) is 0 Å². The first-order valence-corrected chi connectivity index (χ1v) is 7.30. The number of rotatable bonds is 5. The van der Waals surface area contributed by atoms with Gasteiger partial charge in [-0.2, -0.15) is 13.2 Å². The maximum absolute atomic E-state index is 12.2. The van der Waals surface area contributed by atoms with Crippen molar-refractivity contribution in [2.24, 2.45) is 0 Å².